The summed E-state index contributed by atoms with van der Waals surface area (Å²) in [5.41, 5.74) is 3.71. The van der Waals surface area contributed by atoms with Crippen LogP contribution in [0.2, 0.25) is 0 Å². The van der Waals surface area contributed by atoms with Gasteiger partial charge in [-0.25, -0.2) is 9.97 Å². The van der Waals surface area contributed by atoms with E-state index in [0.717, 1.165) is 26.1 Å². The van der Waals surface area contributed by atoms with Crippen LogP contribution in [0.5, 0.6) is 0 Å². The van der Waals surface area contributed by atoms with Gasteiger partial charge in [-0.2, -0.15) is 0 Å². The molecule has 0 spiro atoms. The predicted molar refractivity (Wildman–Crippen MR) is 70.4 cm³/mol. The topological polar surface area (TPSA) is 49.7 Å². The highest BCUT2D eigenvalue weighted by Gasteiger charge is 2.17. The Balaban J connectivity index is 1.77. The van der Waals surface area contributed by atoms with Crippen molar-refractivity contribution in [3.8, 4) is 0 Å². The van der Waals surface area contributed by atoms with Crippen molar-refractivity contribution in [2.24, 2.45) is 7.05 Å². The molecule has 6 heteroatoms. The van der Waals surface area contributed by atoms with Crippen molar-refractivity contribution in [2.45, 2.75) is 19.5 Å². The fraction of sp³-hybridized carbons (Fsp3) is 0.417. The molecule has 0 aliphatic carbocycles. The van der Waals surface area contributed by atoms with Gasteiger partial charge >= 0.3 is 0 Å². The lowest BCUT2D eigenvalue weighted by molar-refractivity contribution is 0.237. The number of aromatic nitrogens is 4. The summed E-state index contributed by atoms with van der Waals surface area (Å²) < 4.78 is 2.64. The maximum absolute atomic E-state index is 5.05. The standard InChI is InChI=1S/C12H15N5S/c1-16-8-13-5-10(16)7-17-3-2-11-9(6-17)4-14-12(18)15-11/h4-5,8H,2-3,6-7H2,1H3,(H,14,15,18). The van der Waals surface area contributed by atoms with E-state index in [1.807, 2.05) is 25.8 Å². The molecule has 1 aliphatic rings. The largest absolute Gasteiger partial charge is 0.337 e. The van der Waals surface area contributed by atoms with E-state index < -0.39 is 0 Å². The zero-order valence-corrected chi connectivity index (χ0v) is 11.1. The van der Waals surface area contributed by atoms with Crippen LogP contribution in [0.15, 0.2) is 18.7 Å². The quantitative estimate of drug-likeness (QED) is 0.831. The van der Waals surface area contributed by atoms with E-state index in [0.29, 0.717) is 4.77 Å². The molecule has 2 aromatic rings. The number of fused-ring (bicyclic) bond motifs is 1. The predicted octanol–water partition coefficient (Wildman–Crippen LogP) is 1.43. The minimum atomic E-state index is 0.578. The van der Waals surface area contributed by atoms with Gasteiger partial charge < -0.3 is 9.55 Å². The second kappa shape index (κ2) is 4.62. The first kappa shape index (κ1) is 11.6. The van der Waals surface area contributed by atoms with Crippen molar-refractivity contribution in [2.75, 3.05) is 6.54 Å². The summed E-state index contributed by atoms with van der Waals surface area (Å²) in [6.07, 6.45) is 6.65. The summed E-state index contributed by atoms with van der Waals surface area (Å²) in [6, 6.07) is 0. The van der Waals surface area contributed by atoms with Gasteiger partial charge in [-0.15, -0.1) is 0 Å². The third-order valence-electron chi connectivity index (χ3n) is 3.36. The van der Waals surface area contributed by atoms with Crippen LogP contribution in [-0.2, 0) is 26.6 Å². The maximum atomic E-state index is 5.05. The average Bonchev–Trinajstić information content (AvgIpc) is 2.75. The summed E-state index contributed by atoms with van der Waals surface area (Å²) in [4.78, 5) is 13.9. The molecular weight excluding hydrogens is 246 g/mol. The van der Waals surface area contributed by atoms with E-state index in [1.54, 1.807) is 0 Å². The second-order valence-corrected chi connectivity index (χ2v) is 5.04. The normalized spacial score (nSPS) is 15.6. The molecule has 5 nitrogen and oxygen atoms in total. The van der Waals surface area contributed by atoms with Gasteiger partial charge in [-0.3, -0.25) is 4.90 Å². The van der Waals surface area contributed by atoms with Crippen molar-refractivity contribution in [1.82, 2.24) is 24.4 Å². The molecule has 0 bridgehead atoms. The number of hydrogen-bond acceptors (Lipinski definition) is 4. The lowest BCUT2D eigenvalue weighted by atomic mass is 10.1. The molecule has 0 amide bonds. The molecule has 3 heterocycles. The zero-order chi connectivity index (χ0) is 12.5. The van der Waals surface area contributed by atoms with Crippen LogP contribution in [0.25, 0.3) is 0 Å². The average molecular weight is 261 g/mol. The van der Waals surface area contributed by atoms with Crippen LogP contribution in [-0.4, -0.2) is 31.0 Å². The second-order valence-electron chi connectivity index (χ2n) is 4.65. The molecule has 3 rings (SSSR count). The van der Waals surface area contributed by atoms with Crippen LogP contribution in [0.3, 0.4) is 0 Å². The Morgan fingerprint density at radius 1 is 1.44 bits per heavy atom. The van der Waals surface area contributed by atoms with E-state index in [9.17, 15) is 0 Å². The molecule has 0 atom stereocenters. The molecule has 18 heavy (non-hydrogen) atoms. The monoisotopic (exact) mass is 261 g/mol. The number of rotatable bonds is 2. The third kappa shape index (κ3) is 2.21. The van der Waals surface area contributed by atoms with Crippen molar-refractivity contribution in [3.63, 3.8) is 0 Å². The highest BCUT2D eigenvalue weighted by molar-refractivity contribution is 7.71. The molecule has 0 fully saturated rings. The van der Waals surface area contributed by atoms with Gasteiger partial charge in [0.1, 0.15) is 0 Å². The molecule has 2 aromatic heterocycles. The third-order valence-corrected chi connectivity index (χ3v) is 3.56. The van der Waals surface area contributed by atoms with E-state index in [2.05, 4.69) is 24.4 Å². The zero-order valence-electron chi connectivity index (χ0n) is 10.3. The Kier molecular flexibility index (Phi) is 2.97. The van der Waals surface area contributed by atoms with Gasteiger partial charge in [0.15, 0.2) is 4.77 Å². The number of nitrogens with zero attached hydrogens (tertiary/aromatic N) is 4. The summed E-state index contributed by atoms with van der Waals surface area (Å²) in [5, 5.41) is 0. The highest BCUT2D eigenvalue weighted by atomic mass is 32.1. The molecule has 0 radical (unpaired) electrons. The van der Waals surface area contributed by atoms with Gasteiger partial charge in [0.2, 0.25) is 0 Å². The van der Waals surface area contributed by atoms with Gasteiger partial charge in [-0.1, -0.05) is 0 Å². The summed E-state index contributed by atoms with van der Waals surface area (Å²) >= 11 is 5.05. The van der Waals surface area contributed by atoms with Crippen LogP contribution in [0.4, 0.5) is 0 Å². The van der Waals surface area contributed by atoms with Crippen LogP contribution in [0, 0.1) is 4.77 Å². The first-order chi connectivity index (χ1) is 8.72. The first-order valence-corrected chi connectivity index (χ1v) is 6.38. The number of aromatic amines is 1. The fourth-order valence-corrected chi connectivity index (χ4v) is 2.48. The van der Waals surface area contributed by atoms with Crippen molar-refractivity contribution >= 4 is 12.2 Å². The Morgan fingerprint density at radius 3 is 3.11 bits per heavy atom. The lowest BCUT2D eigenvalue weighted by Crippen LogP contribution is -2.31. The van der Waals surface area contributed by atoms with Crippen molar-refractivity contribution < 1.29 is 0 Å². The van der Waals surface area contributed by atoms with E-state index in [1.165, 1.54) is 17.0 Å². The minimum absolute atomic E-state index is 0.578. The van der Waals surface area contributed by atoms with E-state index in [4.69, 9.17) is 12.2 Å². The van der Waals surface area contributed by atoms with Gasteiger partial charge in [0, 0.05) is 56.8 Å². The number of aryl methyl sites for hydroxylation is 1. The highest BCUT2D eigenvalue weighted by Crippen LogP contribution is 2.17. The van der Waals surface area contributed by atoms with Gasteiger partial charge in [-0.05, 0) is 12.2 Å². The van der Waals surface area contributed by atoms with Crippen LogP contribution < -0.4 is 0 Å². The van der Waals surface area contributed by atoms with Gasteiger partial charge in [0.25, 0.3) is 0 Å². The number of hydrogen-bond donors (Lipinski definition) is 1. The molecule has 0 saturated carbocycles. The molecule has 1 aliphatic heterocycles. The number of nitrogens with one attached hydrogen (secondary N) is 1. The first-order valence-electron chi connectivity index (χ1n) is 5.97. The number of H-pyrrole nitrogens is 1. The number of imidazole rings is 1. The van der Waals surface area contributed by atoms with E-state index in [-0.39, 0.29) is 0 Å². The molecule has 0 unspecified atom stereocenters. The molecule has 94 valence electrons. The lowest BCUT2D eigenvalue weighted by Gasteiger charge is -2.27. The Morgan fingerprint density at radius 2 is 2.33 bits per heavy atom. The Hall–Kier alpha value is -1.53. The molecular formula is C12H15N5S. The maximum Gasteiger partial charge on any atom is 0.196 e. The van der Waals surface area contributed by atoms with Gasteiger partial charge in [0.05, 0.1) is 12.0 Å². The Labute approximate surface area is 111 Å². The molecule has 0 saturated heterocycles. The van der Waals surface area contributed by atoms with Crippen molar-refractivity contribution in [1.29, 1.82) is 0 Å². The Bertz CT molecular complexity index is 615. The molecule has 0 aromatic carbocycles. The summed E-state index contributed by atoms with van der Waals surface area (Å²) in [5.74, 6) is 0. The minimum Gasteiger partial charge on any atom is -0.337 e. The fourth-order valence-electron chi connectivity index (χ4n) is 2.31. The summed E-state index contributed by atoms with van der Waals surface area (Å²) in [6.45, 7) is 2.87. The SMILES string of the molecule is Cn1cncc1CN1CCc2[nH]c(=S)ncc2C1. The summed E-state index contributed by atoms with van der Waals surface area (Å²) in [7, 11) is 2.03. The van der Waals surface area contributed by atoms with Crippen LogP contribution in [0.1, 0.15) is 17.0 Å². The molecule has 1 N–H and O–H groups in total. The van der Waals surface area contributed by atoms with Crippen molar-refractivity contribution in [3.05, 3.63) is 40.4 Å². The van der Waals surface area contributed by atoms with E-state index >= 15 is 0 Å². The van der Waals surface area contributed by atoms with Crippen LogP contribution >= 0.6 is 12.2 Å². The smallest absolute Gasteiger partial charge is 0.196 e.